The normalized spacial score (nSPS) is 17.5. The molecule has 1 atom stereocenters. The van der Waals surface area contributed by atoms with E-state index in [1.807, 2.05) is 12.4 Å². The third-order valence-corrected chi connectivity index (χ3v) is 1.74. The Morgan fingerprint density at radius 2 is 2.45 bits per heavy atom. The van der Waals surface area contributed by atoms with Gasteiger partial charge in [-0.2, -0.15) is 0 Å². The van der Waals surface area contributed by atoms with Gasteiger partial charge in [0.15, 0.2) is 0 Å². The number of hydrogen-bond acceptors (Lipinski definition) is 3. The Balaban J connectivity index is 1.95. The molecule has 62 valence electrons. The zero-order valence-electron chi connectivity index (χ0n) is 6.88. The second kappa shape index (κ2) is 4.26. The minimum atomic E-state index is 0.285. The summed E-state index contributed by atoms with van der Waals surface area (Å²) in [6, 6.07) is 0.285. The summed E-state index contributed by atoms with van der Waals surface area (Å²) < 4.78 is 0. The zero-order chi connectivity index (χ0) is 8.10. The molecule has 0 saturated carbocycles. The molecule has 3 N–H and O–H groups in total. The highest BCUT2D eigenvalue weighted by molar-refractivity contribution is 5.84. The lowest BCUT2D eigenvalue weighted by molar-refractivity contribution is 0.583. The summed E-state index contributed by atoms with van der Waals surface area (Å²) in [6.45, 7) is 3.88. The molecule has 0 bridgehead atoms. The van der Waals surface area contributed by atoms with Gasteiger partial charge in [0.1, 0.15) is 0 Å². The van der Waals surface area contributed by atoms with E-state index in [1.165, 1.54) is 5.57 Å². The minimum absolute atomic E-state index is 0.285. The topological polar surface area (TPSA) is 50.4 Å². The lowest BCUT2D eigenvalue weighted by Gasteiger charge is -2.11. The van der Waals surface area contributed by atoms with Crippen molar-refractivity contribution in [3.05, 3.63) is 11.8 Å². The van der Waals surface area contributed by atoms with Crippen LogP contribution in [0, 0.1) is 0 Å². The van der Waals surface area contributed by atoms with Crippen LogP contribution in [-0.4, -0.2) is 25.3 Å². The Kier molecular flexibility index (Phi) is 3.26. The average molecular weight is 153 g/mol. The van der Waals surface area contributed by atoms with Crippen LogP contribution in [0.3, 0.4) is 0 Å². The molecule has 1 rings (SSSR count). The van der Waals surface area contributed by atoms with Crippen molar-refractivity contribution >= 4 is 6.21 Å². The highest BCUT2D eigenvalue weighted by Crippen LogP contribution is 1.98. The van der Waals surface area contributed by atoms with Gasteiger partial charge < -0.3 is 11.1 Å². The number of nitrogens with zero attached hydrogens (tertiary/aromatic N) is 1. The Hall–Kier alpha value is -0.670. The predicted molar refractivity (Wildman–Crippen MR) is 47.7 cm³/mol. The Morgan fingerprint density at radius 1 is 1.73 bits per heavy atom. The Labute approximate surface area is 67.4 Å². The molecule has 0 spiro atoms. The van der Waals surface area contributed by atoms with Gasteiger partial charge in [0.05, 0.1) is 0 Å². The molecule has 3 nitrogen and oxygen atoms in total. The number of rotatable bonds is 5. The molecule has 0 amide bonds. The average Bonchev–Trinajstić information content (AvgIpc) is 1.94. The van der Waals surface area contributed by atoms with E-state index in [9.17, 15) is 0 Å². The first-order valence-electron chi connectivity index (χ1n) is 4.01. The van der Waals surface area contributed by atoms with Crippen molar-refractivity contribution in [2.24, 2.45) is 10.7 Å². The van der Waals surface area contributed by atoms with E-state index in [-0.39, 0.29) is 6.04 Å². The van der Waals surface area contributed by atoms with Crippen LogP contribution in [0.25, 0.3) is 0 Å². The van der Waals surface area contributed by atoms with Crippen molar-refractivity contribution in [1.82, 2.24) is 5.32 Å². The Bertz CT molecular complexity index is 172. The van der Waals surface area contributed by atoms with Gasteiger partial charge in [0.25, 0.3) is 0 Å². The standard InChI is InChI=1S/C8H15N3/c1-2-8(9)6-11-5-7-3-10-4-7/h3-4,8,11H,2,5-6,9H2,1H3. The predicted octanol–water partition coefficient (Wildman–Crippen LogP) is 0.282. The van der Waals surface area contributed by atoms with E-state index >= 15 is 0 Å². The lowest BCUT2D eigenvalue weighted by atomic mass is 10.2. The molecule has 1 unspecified atom stereocenters. The van der Waals surface area contributed by atoms with Gasteiger partial charge in [-0.3, -0.25) is 4.99 Å². The number of nitrogens with two attached hydrogens (primary N) is 1. The summed E-state index contributed by atoms with van der Waals surface area (Å²) in [5, 5.41) is 3.25. The summed E-state index contributed by atoms with van der Waals surface area (Å²) in [7, 11) is 0. The number of nitrogens with one attached hydrogen (secondary N) is 1. The van der Waals surface area contributed by atoms with Gasteiger partial charge in [0.2, 0.25) is 0 Å². The second-order valence-corrected chi connectivity index (χ2v) is 2.78. The van der Waals surface area contributed by atoms with Crippen LogP contribution in [0.2, 0.25) is 0 Å². The second-order valence-electron chi connectivity index (χ2n) is 2.78. The fourth-order valence-electron chi connectivity index (χ4n) is 0.817. The number of hydrogen-bond donors (Lipinski definition) is 2. The van der Waals surface area contributed by atoms with Crippen molar-refractivity contribution in [2.75, 3.05) is 13.1 Å². The van der Waals surface area contributed by atoms with E-state index in [0.717, 1.165) is 19.5 Å². The minimum Gasteiger partial charge on any atom is -0.327 e. The van der Waals surface area contributed by atoms with Crippen molar-refractivity contribution in [3.63, 3.8) is 0 Å². The molecule has 3 heteroatoms. The highest BCUT2D eigenvalue weighted by Gasteiger charge is 2.00. The summed E-state index contributed by atoms with van der Waals surface area (Å²) in [4.78, 5) is 3.86. The summed E-state index contributed by atoms with van der Waals surface area (Å²) in [5.41, 5.74) is 6.96. The van der Waals surface area contributed by atoms with Gasteiger partial charge >= 0.3 is 0 Å². The largest absolute Gasteiger partial charge is 0.327 e. The molecule has 1 aliphatic heterocycles. The third-order valence-electron chi connectivity index (χ3n) is 1.74. The lowest BCUT2D eigenvalue weighted by Crippen LogP contribution is -2.34. The van der Waals surface area contributed by atoms with Gasteiger partial charge in [-0.1, -0.05) is 6.92 Å². The van der Waals surface area contributed by atoms with Gasteiger partial charge in [-0.05, 0) is 6.42 Å². The van der Waals surface area contributed by atoms with Crippen molar-refractivity contribution in [3.8, 4) is 0 Å². The van der Waals surface area contributed by atoms with Gasteiger partial charge in [-0.15, -0.1) is 0 Å². The van der Waals surface area contributed by atoms with Crippen LogP contribution in [0.5, 0.6) is 0 Å². The highest BCUT2D eigenvalue weighted by atomic mass is 14.9. The fourth-order valence-corrected chi connectivity index (χ4v) is 0.817. The van der Waals surface area contributed by atoms with Crippen LogP contribution in [-0.2, 0) is 0 Å². The summed E-state index contributed by atoms with van der Waals surface area (Å²) in [6.07, 6.45) is 4.76. The molecule has 0 aromatic rings. The maximum Gasteiger partial charge on any atom is 0.0328 e. The first-order valence-corrected chi connectivity index (χ1v) is 4.01. The van der Waals surface area contributed by atoms with Crippen molar-refractivity contribution < 1.29 is 0 Å². The van der Waals surface area contributed by atoms with E-state index < -0.39 is 0 Å². The molecule has 0 aliphatic carbocycles. The molecule has 0 fully saturated rings. The number of aliphatic imine (C=N–C) groups is 1. The van der Waals surface area contributed by atoms with E-state index in [4.69, 9.17) is 5.73 Å². The van der Waals surface area contributed by atoms with E-state index in [0.29, 0.717) is 0 Å². The molecule has 0 aromatic heterocycles. The Morgan fingerprint density at radius 3 is 2.91 bits per heavy atom. The van der Waals surface area contributed by atoms with Crippen LogP contribution >= 0.6 is 0 Å². The van der Waals surface area contributed by atoms with E-state index in [2.05, 4.69) is 17.2 Å². The summed E-state index contributed by atoms with van der Waals surface area (Å²) >= 11 is 0. The maximum atomic E-state index is 5.70. The molecule has 0 aromatic carbocycles. The molecular weight excluding hydrogens is 138 g/mol. The first kappa shape index (κ1) is 8.43. The van der Waals surface area contributed by atoms with Gasteiger partial charge in [-0.25, -0.2) is 0 Å². The first-order chi connectivity index (χ1) is 5.33. The van der Waals surface area contributed by atoms with Crippen LogP contribution < -0.4 is 11.1 Å². The van der Waals surface area contributed by atoms with Crippen LogP contribution in [0.1, 0.15) is 13.3 Å². The molecule has 0 saturated heterocycles. The molecule has 0 radical (unpaired) electrons. The zero-order valence-corrected chi connectivity index (χ0v) is 6.88. The quantitative estimate of drug-likeness (QED) is 0.596. The van der Waals surface area contributed by atoms with Crippen LogP contribution in [0.4, 0.5) is 0 Å². The SMILES string of the molecule is CCC(N)CNCC1=CN=C1. The molecule has 1 heterocycles. The van der Waals surface area contributed by atoms with Crippen molar-refractivity contribution in [2.45, 2.75) is 19.4 Å². The van der Waals surface area contributed by atoms with Crippen LogP contribution in [0.15, 0.2) is 16.8 Å². The van der Waals surface area contributed by atoms with Gasteiger partial charge in [0, 0.05) is 37.1 Å². The molecule has 1 aliphatic rings. The smallest absolute Gasteiger partial charge is 0.0328 e. The molecular formula is C8H15N3. The molecule has 11 heavy (non-hydrogen) atoms. The third kappa shape index (κ3) is 2.82. The fraction of sp³-hybridized carbons (Fsp3) is 0.625. The summed E-state index contributed by atoms with van der Waals surface area (Å²) in [5.74, 6) is 0. The van der Waals surface area contributed by atoms with Crippen molar-refractivity contribution in [1.29, 1.82) is 0 Å². The maximum absolute atomic E-state index is 5.70. The van der Waals surface area contributed by atoms with E-state index in [1.54, 1.807) is 0 Å². The monoisotopic (exact) mass is 153 g/mol.